The van der Waals surface area contributed by atoms with E-state index >= 15 is 0 Å². The first-order chi connectivity index (χ1) is 28.3. The van der Waals surface area contributed by atoms with Gasteiger partial charge >= 0.3 is 0 Å². The molecule has 8 rings (SSSR count). The Morgan fingerprint density at radius 2 is 0.491 bits per heavy atom. The highest BCUT2D eigenvalue weighted by atomic mass is 15.6. The van der Waals surface area contributed by atoms with Crippen LogP contribution in [0.4, 0.5) is 45.5 Å². The summed E-state index contributed by atoms with van der Waals surface area (Å²) in [4.78, 5) is 4.51. The molecule has 0 fully saturated rings. The third-order valence-corrected chi connectivity index (χ3v) is 9.43. The lowest BCUT2D eigenvalue weighted by atomic mass is 10.1. The zero-order valence-electron chi connectivity index (χ0n) is 31.5. The van der Waals surface area contributed by atoms with Gasteiger partial charge in [0, 0.05) is 34.1 Å². The van der Waals surface area contributed by atoms with Crippen molar-refractivity contribution in [1.82, 2.24) is 0 Å². The maximum atomic E-state index is 5.04. The number of hydrogen-bond acceptors (Lipinski definition) is 6. The summed E-state index contributed by atoms with van der Waals surface area (Å²) in [6.07, 6.45) is 3.81. The highest BCUT2D eigenvalue weighted by Gasteiger charge is 2.15. The molecule has 0 radical (unpaired) electrons. The van der Waals surface area contributed by atoms with Gasteiger partial charge in [-0.25, -0.2) is 10.0 Å². The summed E-state index contributed by atoms with van der Waals surface area (Å²) in [5, 5.41) is 14.0. The molecule has 8 aromatic carbocycles. The van der Waals surface area contributed by atoms with Crippen LogP contribution in [0, 0.1) is 0 Å². The van der Waals surface area contributed by atoms with Crippen molar-refractivity contribution in [3.05, 3.63) is 242 Å². The average molecular weight is 739 g/mol. The minimum Gasteiger partial charge on any atom is -0.311 e. The van der Waals surface area contributed by atoms with Crippen molar-refractivity contribution in [3.63, 3.8) is 0 Å². The zero-order chi connectivity index (χ0) is 38.5. The number of hydrazone groups is 2. The van der Waals surface area contributed by atoms with Crippen LogP contribution >= 0.6 is 0 Å². The third kappa shape index (κ3) is 9.16. The van der Waals surface area contributed by atoms with Gasteiger partial charge in [-0.15, -0.1) is 0 Å². The number of hydrogen-bond donors (Lipinski definition) is 0. The number of anilines is 8. The molecule has 8 aromatic rings. The summed E-state index contributed by atoms with van der Waals surface area (Å²) in [6, 6.07) is 79.1. The van der Waals surface area contributed by atoms with Crippen LogP contribution in [0.5, 0.6) is 0 Å². The molecule has 0 heterocycles. The van der Waals surface area contributed by atoms with Crippen LogP contribution in [0.15, 0.2) is 241 Å². The van der Waals surface area contributed by atoms with Crippen molar-refractivity contribution in [2.45, 2.75) is 0 Å². The van der Waals surface area contributed by atoms with Gasteiger partial charge in [-0.05, 0) is 108 Å². The fraction of sp³-hybridized carbons (Fsp3) is 0.0196. The first-order valence-corrected chi connectivity index (χ1v) is 19.0. The summed E-state index contributed by atoms with van der Waals surface area (Å²) >= 11 is 0. The van der Waals surface area contributed by atoms with Gasteiger partial charge in [0.2, 0.25) is 0 Å². The smallest absolute Gasteiger partial charge is 0.134 e. The van der Waals surface area contributed by atoms with E-state index in [1.54, 1.807) is 0 Å². The molecule has 0 spiro atoms. The Kier molecular flexibility index (Phi) is 11.5. The SMILES string of the molecule is C(=N/N(CN(/N=C\c1ccc(N(c2ccccc2)c2ccccc2)cc1)c1ccccc1)c1ccccc1)/c1ccc(N(c2ccccc2)c2ccccc2)cc1. The Bertz CT molecular complexity index is 2200. The molecule has 0 N–H and O–H groups in total. The molecule has 0 aliphatic heterocycles. The van der Waals surface area contributed by atoms with Crippen molar-refractivity contribution in [2.24, 2.45) is 10.2 Å². The van der Waals surface area contributed by atoms with E-state index in [0.29, 0.717) is 6.67 Å². The van der Waals surface area contributed by atoms with Crippen molar-refractivity contribution in [3.8, 4) is 0 Å². The van der Waals surface area contributed by atoms with E-state index in [1.807, 2.05) is 83.1 Å². The Morgan fingerprint density at radius 3 is 0.754 bits per heavy atom. The summed E-state index contributed by atoms with van der Waals surface area (Å²) in [5.41, 5.74) is 10.4. The number of nitrogens with zero attached hydrogens (tertiary/aromatic N) is 6. The molecule has 6 nitrogen and oxygen atoms in total. The molecule has 0 aliphatic carbocycles. The lowest BCUT2D eigenvalue weighted by Gasteiger charge is -2.27. The van der Waals surface area contributed by atoms with Crippen LogP contribution < -0.4 is 19.8 Å². The third-order valence-electron chi connectivity index (χ3n) is 9.43. The molecule has 57 heavy (non-hydrogen) atoms. The first kappa shape index (κ1) is 36.3. The lowest BCUT2D eigenvalue weighted by molar-refractivity contribution is 0.778. The minimum atomic E-state index is 0.378. The first-order valence-electron chi connectivity index (χ1n) is 19.0. The molecule has 0 aliphatic rings. The summed E-state index contributed by atoms with van der Waals surface area (Å²) in [6.45, 7) is 0.378. The summed E-state index contributed by atoms with van der Waals surface area (Å²) in [7, 11) is 0. The Hall–Kier alpha value is -7.70. The van der Waals surface area contributed by atoms with Gasteiger partial charge in [0.05, 0.1) is 23.8 Å². The largest absolute Gasteiger partial charge is 0.311 e. The molecule has 0 saturated heterocycles. The van der Waals surface area contributed by atoms with E-state index in [-0.39, 0.29) is 0 Å². The summed E-state index contributed by atoms with van der Waals surface area (Å²) in [5.74, 6) is 0. The predicted octanol–water partition coefficient (Wildman–Crippen LogP) is 13.0. The Labute approximate surface area is 335 Å². The van der Waals surface area contributed by atoms with Gasteiger partial charge in [-0.3, -0.25) is 0 Å². The van der Waals surface area contributed by atoms with E-state index in [0.717, 1.165) is 56.6 Å². The number of rotatable bonds is 14. The maximum absolute atomic E-state index is 5.04. The van der Waals surface area contributed by atoms with Crippen LogP contribution in [-0.4, -0.2) is 19.1 Å². The van der Waals surface area contributed by atoms with Gasteiger partial charge in [-0.2, -0.15) is 10.2 Å². The van der Waals surface area contributed by atoms with Crippen LogP contribution in [0.2, 0.25) is 0 Å². The van der Waals surface area contributed by atoms with Gasteiger partial charge in [-0.1, -0.05) is 133 Å². The van der Waals surface area contributed by atoms with Crippen molar-refractivity contribution in [1.29, 1.82) is 0 Å². The normalized spacial score (nSPS) is 11.1. The van der Waals surface area contributed by atoms with E-state index in [9.17, 15) is 0 Å². The van der Waals surface area contributed by atoms with Gasteiger partial charge in [0.25, 0.3) is 0 Å². The van der Waals surface area contributed by atoms with Crippen LogP contribution in [0.25, 0.3) is 0 Å². The van der Waals surface area contributed by atoms with E-state index in [4.69, 9.17) is 10.2 Å². The van der Waals surface area contributed by atoms with Crippen molar-refractivity contribution >= 4 is 57.9 Å². The van der Waals surface area contributed by atoms with E-state index in [1.165, 1.54) is 0 Å². The standard InChI is InChI=1S/C51H42N6/c1-7-19-44(20-8-1)54(52-39-42-31-35-50(36-32-42)56(46-23-11-3-12-24-46)47-25-13-4-14-26-47)41-55(45-21-9-2-10-22-45)53-40-43-33-37-51(38-34-43)57(48-27-15-5-16-28-48)49-29-17-6-18-30-49/h1-40H,41H2/b52-39-,53-40-. The number of benzene rings is 8. The van der Waals surface area contributed by atoms with Crippen LogP contribution in [0.3, 0.4) is 0 Å². The molecule has 0 saturated carbocycles. The topological polar surface area (TPSA) is 37.7 Å². The maximum Gasteiger partial charge on any atom is 0.134 e. The van der Waals surface area contributed by atoms with Gasteiger partial charge < -0.3 is 9.80 Å². The highest BCUT2D eigenvalue weighted by molar-refractivity contribution is 5.85. The van der Waals surface area contributed by atoms with E-state index in [2.05, 4.69) is 180 Å². The second-order valence-electron chi connectivity index (χ2n) is 13.3. The molecule has 0 atom stereocenters. The fourth-order valence-corrected chi connectivity index (χ4v) is 6.59. The second kappa shape index (κ2) is 18.1. The zero-order valence-corrected chi connectivity index (χ0v) is 31.5. The minimum absolute atomic E-state index is 0.378. The molecule has 0 unspecified atom stereocenters. The molecular formula is C51H42N6. The molecule has 0 aromatic heterocycles. The Morgan fingerprint density at radius 1 is 0.263 bits per heavy atom. The van der Waals surface area contributed by atoms with Crippen molar-refractivity contribution < 1.29 is 0 Å². The Balaban J connectivity index is 1.05. The molecule has 276 valence electrons. The second-order valence-corrected chi connectivity index (χ2v) is 13.3. The van der Waals surface area contributed by atoms with Gasteiger partial charge in [0.15, 0.2) is 0 Å². The summed E-state index contributed by atoms with van der Waals surface area (Å²) < 4.78 is 0. The van der Waals surface area contributed by atoms with Gasteiger partial charge in [0.1, 0.15) is 6.67 Å². The quantitative estimate of drug-likeness (QED) is 0.0632. The molecule has 0 bridgehead atoms. The lowest BCUT2D eigenvalue weighted by Crippen LogP contribution is -2.32. The van der Waals surface area contributed by atoms with Crippen LogP contribution in [-0.2, 0) is 0 Å². The monoisotopic (exact) mass is 738 g/mol. The molecule has 0 amide bonds. The van der Waals surface area contributed by atoms with Crippen molar-refractivity contribution in [2.75, 3.05) is 26.5 Å². The fourth-order valence-electron chi connectivity index (χ4n) is 6.59. The highest BCUT2D eigenvalue weighted by Crippen LogP contribution is 2.35. The number of para-hydroxylation sites is 6. The predicted molar refractivity (Wildman–Crippen MR) is 240 cm³/mol. The molecular weight excluding hydrogens is 697 g/mol. The molecule has 6 heteroatoms. The van der Waals surface area contributed by atoms with E-state index < -0.39 is 0 Å². The van der Waals surface area contributed by atoms with Crippen LogP contribution in [0.1, 0.15) is 11.1 Å². The average Bonchev–Trinajstić information content (AvgIpc) is 3.29.